The van der Waals surface area contributed by atoms with E-state index in [-0.39, 0.29) is 27.1 Å². The van der Waals surface area contributed by atoms with Crippen LogP contribution in [0.5, 0.6) is 0 Å². The van der Waals surface area contributed by atoms with Crippen molar-refractivity contribution in [2.45, 2.75) is 54.8 Å². The summed E-state index contributed by atoms with van der Waals surface area (Å²) in [6, 6.07) is 52.7. The number of benzene rings is 6. The van der Waals surface area contributed by atoms with E-state index in [9.17, 15) is 0 Å². The molecule has 58 heavy (non-hydrogen) atoms. The molecular formula is C55H37N3. The van der Waals surface area contributed by atoms with E-state index in [2.05, 4.69) is 184 Å². The second-order valence-electron chi connectivity index (χ2n) is 18.5. The highest BCUT2D eigenvalue weighted by Gasteiger charge is 2.81. The van der Waals surface area contributed by atoms with Gasteiger partial charge in [-0.2, -0.15) is 0 Å². The summed E-state index contributed by atoms with van der Waals surface area (Å²) in [7, 11) is 0. The lowest BCUT2D eigenvalue weighted by Gasteiger charge is -2.68. The lowest BCUT2D eigenvalue weighted by Crippen LogP contribution is -2.69. The summed E-state index contributed by atoms with van der Waals surface area (Å²) in [5.74, 6) is 0. The molecule has 272 valence electrons. The molecule has 3 nitrogen and oxygen atoms in total. The van der Waals surface area contributed by atoms with Crippen molar-refractivity contribution in [3.05, 3.63) is 219 Å². The third kappa shape index (κ3) is 2.64. The van der Waals surface area contributed by atoms with E-state index in [1.54, 1.807) is 0 Å². The lowest BCUT2D eigenvalue weighted by molar-refractivity contribution is 0.167. The summed E-state index contributed by atoms with van der Waals surface area (Å²) in [5.41, 5.74) is 21.1. The maximum absolute atomic E-state index is 5.65. The third-order valence-electron chi connectivity index (χ3n) is 16.8. The first-order valence-electron chi connectivity index (χ1n) is 20.8. The first kappa shape index (κ1) is 30.5. The van der Waals surface area contributed by atoms with Gasteiger partial charge in [-0.15, -0.1) is 0 Å². The molecule has 0 amide bonds. The summed E-state index contributed by atoms with van der Waals surface area (Å²) >= 11 is 0. The number of nitrogens with zero attached hydrogens (tertiary/aromatic N) is 3. The van der Waals surface area contributed by atoms with E-state index < -0.39 is 0 Å². The number of aromatic nitrogens is 3. The molecule has 16 rings (SSSR count). The molecule has 0 N–H and O–H groups in total. The second-order valence-corrected chi connectivity index (χ2v) is 18.5. The zero-order valence-electron chi connectivity index (χ0n) is 32.8. The number of pyridine rings is 2. The fraction of sp³-hybridized carbons (Fsp3) is 0.164. The van der Waals surface area contributed by atoms with Gasteiger partial charge in [0.05, 0.1) is 51.2 Å². The Bertz CT molecular complexity index is 3540. The molecule has 6 aromatic carbocycles. The molecule has 0 saturated heterocycles. The van der Waals surface area contributed by atoms with Gasteiger partial charge < -0.3 is 4.40 Å². The van der Waals surface area contributed by atoms with Crippen LogP contribution in [0.2, 0.25) is 0 Å². The molecular weight excluding hydrogens is 703 g/mol. The first-order chi connectivity index (χ1) is 28.3. The molecule has 6 aliphatic rings. The van der Waals surface area contributed by atoms with Crippen LogP contribution in [-0.2, 0) is 27.1 Å². The summed E-state index contributed by atoms with van der Waals surface area (Å²) in [4.78, 5) is 11.3. The van der Waals surface area contributed by atoms with Crippen LogP contribution in [0, 0.1) is 0 Å². The molecule has 3 heteroatoms. The Morgan fingerprint density at radius 3 is 1.43 bits per heavy atom. The minimum absolute atomic E-state index is 0.169. The Kier molecular flexibility index (Phi) is 4.78. The monoisotopic (exact) mass is 739 g/mol. The van der Waals surface area contributed by atoms with Crippen LogP contribution >= 0.6 is 0 Å². The number of fused-ring (bicyclic) bond motifs is 14. The second kappa shape index (κ2) is 9.09. The predicted molar refractivity (Wildman–Crippen MR) is 233 cm³/mol. The van der Waals surface area contributed by atoms with Crippen LogP contribution in [-0.4, -0.2) is 14.4 Å². The van der Waals surface area contributed by atoms with Crippen LogP contribution in [0.25, 0.3) is 49.2 Å². The summed E-state index contributed by atoms with van der Waals surface area (Å²) in [6.07, 6.45) is 4.42. The lowest BCUT2D eigenvalue weighted by atomic mass is 9.32. The standard InChI is InChI=1S/C55H37N3/c1-51-34-18-8-10-20-36(34)52(2,37-21-11-9-19-35(37)51)49-46(51)44-32-26-31(30-16-6-5-7-17-30)27-33-45-43(58(48(32)33)42(44)28-56-49)29-57-50-47(45)53(3)38-22-12-14-24-40(38)55(53)41-25-15-13-23-39(41)54(50,55)4/h5-29H,1-4H3. The molecule has 4 heterocycles. The largest absolute Gasteiger partial charge is 0.305 e. The fourth-order valence-corrected chi connectivity index (χ4v) is 14.7. The van der Waals surface area contributed by atoms with Crippen LogP contribution in [0.4, 0.5) is 0 Å². The highest BCUT2D eigenvalue weighted by atomic mass is 15.0. The molecule has 0 fully saturated rings. The van der Waals surface area contributed by atoms with Gasteiger partial charge in [-0.1, -0.05) is 134 Å². The Morgan fingerprint density at radius 1 is 0.414 bits per heavy atom. The van der Waals surface area contributed by atoms with Crippen molar-refractivity contribution in [3.8, 4) is 11.1 Å². The third-order valence-corrected chi connectivity index (χ3v) is 16.8. The van der Waals surface area contributed by atoms with E-state index in [1.165, 1.54) is 111 Å². The molecule has 3 unspecified atom stereocenters. The van der Waals surface area contributed by atoms with Gasteiger partial charge in [-0.25, -0.2) is 0 Å². The summed E-state index contributed by atoms with van der Waals surface area (Å²) in [5, 5.41) is 5.27. The SMILES string of the molecule is CC12c3ccccc3C(C)(c3ccccc31)c1c2ncc2c1c1cc(-c3ccccc3)cc3c4c5c(ncc4n2c13)C1(C)c2ccccc2C12c1ccccc1C52C. The summed E-state index contributed by atoms with van der Waals surface area (Å²) in [6.45, 7) is 9.89. The zero-order valence-corrected chi connectivity index (χ0v) is 32.8. The Hall–Kier alpha value is -6.58. The smallest absolute Gasteiger partial charge is 0.0729 e. The van der Waals surface area contributed by atoms with Crippen LogP contribution in [0.3, 0.4) is 0 Å². The van der Waals surface area contributed by atoms with Gasteiger partial charge in [0.15, 0.2) is 0 Å². The van der Waals surface area contributed by atoms with Crippen molar-refractivity contribution in [2.24, 2.45) is 0 Å². The maximum atomic E-state index is 5.65. The Labute approximate surface area is 336 Å². The molecule has 0 saturated carbocycles. The van der Waals surface area contributed by atoms with Crippen molar-refractivity contribution in [1.29, 1.82) is 0 Å². The molecule has 2 bridgehead atoms. The van der Waals surface area contributed by atoms with E-state index in [1.807, 2.05) is 0 Å². The minimum Gasteiger partial charge on any atom is -0.305 e. The van der Waals surface area contributed by atoms with Gasteiger partial charge in [-0.05, 0) is 99.7 Å². The van der Waals surface area contributed by atoms with Gasteiger partial charge in [-0.3, -0.25) is 9.97 Å². The van der Waals surface area contributed by atoms with Crippen molar-refractivity contribution in [1.82, 2.24) is 14.4 Å². The van der Waals surface area contributed by atoms with Crippen molar-refractivity contribution in [2.75, 3.05) is 0 Å². The van der Waals surface area contributed by atoms with Crippen LogP contribution in [0.15, 0.2) is 152 Å². The van der Waals surface area contributed by atoms with Gasteiger partial charge in [0.1, 0.15) is 0 Å². The average molecular weight is 740 g/mol. The van der Waals surface area contributed by atoms with Gasteiger partial charge >= 0.3 is 0 Å². The molecule has 0 aliphatic heterocycles. The quantitative estimate of drug-likeness (QED) is 0.168. The van der Waals surface area contributed by atoms with Crippen molar-refractivity contribution < 1.29 is 0 Å². The average Bonchev–Trinajstić information content (AvgIpc) is 3.82. The molecule has 1 spiro atoms. The number of rotatable bonds is 1. The molecule has 4 aromatic heterocycles. The minimum atomic E-state index is -0.387. The van der Waals surface area contributed by atoms with Gasteiger partial charge in [0, 0.05) is 37.8 Å². The normalized spacial score (nSPS) is 27.3. The van der Waals surface area contributed by atoms with E-state index in [0.29, 0.717) is 0 Å². The summed E-state index contributed by atoms with van der Waals surface area (Å²) < 4.78 is 2.55. The molecule has 6 aliphatic carbocycles. The van der Waals surface area contributed by atoms with Gasteiger partial charge in [0.25, 0.3) is 0 Å². The fourth-order valence-electron chi connectivity index (χ4n) is 14.7. The van der Waals surface area contributed by atoms with Crippen LogP contribution in [0.1, 0.15) is 94.7 Å². The maximum Gasteiger partial charge on any atom is 0.0729 e. The first-order valence-corrected chi connectivity index (χ1v) is 20.8. The Balaban J connectivity index is 1.15. The van der Waals surface area contributed by atoms with E-state index in [0.717, 1.165) is 5.52 Å². The van der Waals surface area contributed by atoms with Crippen molar-refractivity contribution in [3.63, 3.8) is 0 Å². The predicted octanol–water partition coefficient (Wildman–Crippen LogP) is 11.9. The molecule has 3 atom stereocenters. The number of hydrogen-bond donors (Lipinski definition) is 0. The number of hydrogen-bond acceptors (Lipinski definition) is 2. The van der Waals surface area contributed by atoms with E-state index in [4.69, 9.17) is 9.97 Å². The highest BCUT2D eigenvalue weighted by molar-refractivity contribution is 6.26. The highest BCUT2D eigenvalue weighted by Crippen LogP contribution is 2.82. The molecule has 0 radical (unpaired) electrons. The van der Waals surface area contributed by atoms with Crippen LogP contribution < -0.4 is 0 Å². The van der Waals surface area contributed by atoms with Crippen molar-refractivity contribution >= 4 is 38.1 Å². The Morgan fingerprint density at radius 2 is 0.862 bits per heavy atom. The van der Waals surface area contributed by atoms with E-state index >= 15 is 0 Å². The topological polar surface area (TPSA) is 30.2 Å². The molecule has 10 aromatic rings. The van der Waals surface area contributed by atoms with Gasteiger partial charge in [0.2, 0.25) is 0 Å². The zero-order chi connectivity index (χ0) is 38.3.